The normalized spacial score (nSPS) is 25.8. The predicted octanol–water partition coefficient (Wildman–Crippen LogP) is 3.51. The van der Waals surface area contributed by atoms with Crippen LogP contribution in [0.5, 0.6) is 0 Å². The van der Waals surface area contributed by atoms with Crippen molar-refractivity contribution in [1.82, 2.24) is 5.32 Å². The number of anilines is 1. The molecule has 1 spiro atoms. The second kappa shape index (κ2) is 8.58. The molecule has 0 radical (unpaired) electrons. The third-order valence-electron chi connectivity index (χ3n) is 6.89. The highest BCUT2D eigenvalue weighted by molar-refractivity contribution is 5.80. The molecule has 2 aromatic rings. The molecule has 3 aliphatic rings. The molecule has 162 valence electrons. The summed E-state index contributed by atoms with van der Waals surface area (Å²) < 4.78 is 26.1. The van der Waals surface area contributed by atoms with Gasteiger partial charge in [0.1, 0.15) is 11.9 Å². The topological polar surface area (TPSA) is 57.5 Å². The fourth-order valence-corrected chi connectivity index (χ4v) is 5.12. The Bertz CT molecular complexity index is 991. The fraction of sp³-hybridized carbons (Fsp3) is 0.480. The van der Waals surface area contributed by atoms with Crippen molar-refractivity contribution in [2.24, 2.45) is 5.41 Å². The molecule has 0 amide bonds. The molecule has 5 nitrogen and oxygen atoms in total. The van der Waals surface area contributed by atoms with Gasteiger partial charge in [-0.05, 0) is 54.7 Å². The molecule has 1 N–H and O–H groups in total. The van der Waals surface area contributed by atoms with Gasteiger partial charge in [0.05, 0.1) is 24.9 Å². The van der Waals surface area contributed by atoms with Crippen LogP contribution in [0.4, 0.5) is 10.1 Å². The van der Waals surface area contributed by atoms with Crippen LogP contribution in [0.3, 0.4) is 0 Å². The Labute approximate surface area is 182 Å². The van der Waals surface area contributed by atoms with Crippen LogP contribution < -0.4 is 10.2 Å². The van der Waals surface area contributed by atoms with Crippen LogP contribution in [-0.2, 0) is 15.9 Å². The van der Waals surface area contributed by atoms with Crippen molar-refractivity contribution in [1.29, 1.82) is 5.26 Å². The van der Waals surface area contributed by atoms with Crippen molar-refractivity contribution in [3.63, 3.8) is 0 Å². The summed E-state index contributed by atoms with van der Waals surface area (Å²) in [5.41, 5.74) is 4.44. The van der Waals surface area contributed by atoms with Gasteiger partial charge in [-0.1, -0.05) is 12.1 Å². The van der Waals surface area contributed by atoms with Crippen LogP contribution in [0.15, 0.2) is 36.4 Å². The lowest BCUT2D eigenvalue weighted by Gasteiger charge is -2.27. The third-order valence-corrected chi connectivity index (χ3v) is 6.89. The Balaban J connectivity index is 1.49. The van der Waals surface area contributed by atoms with Crippen molar-refractivity contribution in [2.75, 3.05) is 50.9 Å². The van der Waals surface area contributed by atoms with E-state index in [-0.39, 0.29) is 17.1 Å². The largest absolute Gasteiger partial charge is 0.381 e. The van der Waals surface area contributed by atoms with E-state index in [1.807, 2.05) is 12.1 Å². The predicted molar refractivity (Wildman–Crippen MR) is 118 cm³/mol. The number of ether oxygens (including phenoxy) is 2. The first-order valence-electron chi connectivity index (χ1n) is 11.1. The zero-order valence-electron chi connectivity index (χ0n) is 17.7. The number of benzene rings is 2. The molecule has 2 atom stereocenters. The first-order chi connectivity index (χ1) is 15.2. The molecule has 2 aromatic carbocycles. The lowest BCUT2D eigenvalue weighted by molar-refractivity contribution is 0.0292. The first-order valence-corrected chi connectivity index (χ1v) is 11.1. The number of hydrogen-bond donors (Lipinski definition) is 1. The maximum atomic E-state index is 14.5. The lowest BCUT2D eigenvalue weighted by Crippen LogP contribution is -2.39. The molecule has 0 bridgehead atoms. The summed E-state index contributed by atoms with van der Waals surface area (Å²) in [4.78, 5) is 2.42. The van der Waals surface area contributed by atoms with Crippen molar-refractivity contribution in [3.8, 4) is 17.2 Å². The first kappa shape index (κ1) is 20.4. The third kappa shape index (κ3) is 4.18. The standard InChI is InChI=1S/C25H28FN3O2/c26-23-13-19(2-3-20(23)14-27)22-12-18(11-21-15-28-7-10-31-21)1-4-24(22)29-8-5-25(16-29)6-9-30-17-25/h1-4,12-13,21,28H,5-11,15-17H2. The van der Waals surface area contributed by atoms with Crippen molar-refractivity contribution >= 4 is 5.69 Å². The van der Waals surface area contributed by atoms with E-state index >= 15 is 0 Å². The summed E-state index contributed by atoms with van der Waals surface area (Å²) in [5.74, 6) is -0.474. The van der Waals surface area contributed by atoms with Crippen LogP contribution in [0.2, 0.25) is 0 Å². The van der Waals surface area contributed by atoms with Gasteiger partial charge in [0.25, 0.3) is 0 Å². The van der Waals surface area contributed by atoms with Gasteiger partial charge in [-0.2, -0.15) is 5.26 Å². The molecule has 0 saturated carbocycles. The molecule has 3 heterocycles. The fourth-order valence-electron chi connectivity index (χ4n) is 5.12. The van der Waals surface area contributed by atoms with Gasteiger partial charge in [0.2, 0.25) is 0 Å². The van der Waals surface area contributed by atoms with Crippen molar-refractivity contribution in [2.45, 2.75) is 25.4 Å². The van der Waals surface area contributed by atoms with Gasteiger partial charge in [-0.25, -0.2) is 4.39 Å². The summed E-state index contributed by atoms with van der Waals surface area (Å²) in [6, 6.07) is 13.4. The average molecular weight is 422 g/mol. The van der Waals surface area contributed by atoms with Crippen LogP contribution in [-0.4, -0.2) is 52.1 Å². The zero-order chi connectivity index (χ0) is 21.3. The molecular formula is C25H28FN3O2. The molecule has 3 saturated heterocycles. The van der Waals surface area contributed by atoms with Gasteiger partial charge in [-0.3, -0.25) is 0 Å². The highest BCUT2D eigenvalue weighted by Gasteiger charge is 2.41. The quantitative estimate of drug-likeness (QED) is 0.819. The van der Waals surface area contributed by atoms with Crippen LogP contribution in [0, 0.1) is 22.6 Å². The SMILES string of the molecule is N#Cc1ccc(-c2cc(CC3CNCCO3)ccc2N2CCC3(CCOC3)C2)cc1F. The highest BCUT2D eigenvalue weighted by atomic mass is 19.1. The average Bonchev–Trinajstić information content (AvgIpc) is 3.44. The molecule has 31 heavy (non-hydrogen) atoms. The highest BCUT2D eigenvalue weighted by Crippen LogP contribution is 2.43. The lowest BCUT2D eigenvalue weighted by atomic mass is 9.87. The minimum Gasteiger partial charge on any atom is -0.381 e. The number of nitrogens with one attached hydrogen (secondary N) is 1. The summed E-state index contributed by atoms with van der Waals surface area (Å²) in [6.45, 7) is 6.08. The summed E-state index contributed by atoms with van der Waals surface area (Å²) in [6.07, 6.45) is 3.19. The van der Waals surface area contributed by atoms with Gasteiger partial charge in [-0.15, -0.1) is 0 Å². The smallest absolute Gasteiger partial charge is 0.141 e. The number of halogens is 1. The van der Waals surface area contributed by atoms with Crippen molar-refractivity contribution in [3.05, 3.63) is 53.3 Å². The molecule has 0 aromatic heterocycles. The molecule has 5 rings (SSSR count). The van der Waals surface area contributed by atoms with Crippen LogP contribution in [0.1, 0.15) is 24.0 Å². The van der Waals surface area contributed by atoms with E-state index in [1.54, 1.807) is 6.07 Å². The van der Waals surface area contributed by atoms with E-state index < -0.39 is 5.82 Å². The monoisotopic (exact) mass is 421 g/mol. The molecule has 6 heteroatoms. The maximum absolute atomic E-state index is 14.5. The molecule has 3 aliphatic heterocycles. The molecular weight excluding hydrogens is 393 g/mol. The number of nitriles is 1. The van der Waals surface area contributed by atoms with E-state index in [1.165, 1.54) is 11.6 Å². The summed E-state index contributed by atoms with van der Waals surface area (Å²) in [5, 5.41) is 12.5. The summed E-state index contributed by atoms with van der Waals surface area (Å²) >= 11 is 0. The number of hydrogen-bond acceptors (Lipinski definition) is 5. The van der Waals surface area contributed by atoms with E-state index in [4.69, 9.17) is 14.7 Å². The molecule has 2 unspecified atom stereocenters. The second-order valence-electron chi connectivity index (χ2n) is 9.03. The van der Waals surface area contributed by atoms with E-state index in [2.05, 4.69) is 28.4 Å². The van der Waals surface area contributed by atoms with Crippen LogP contribution in [0.25, 0.3) is 11.1 Å². The zero-order valence-corrected chi connectivity index (χ0v) is 17.7. The van der Waals surface area contributed by atoms with Gasteiger partial charge in [0, 0.05) is 49.5 Å². The number of rotatable bonds is 4. The van der Waals surface area contributed by atoms with Gasteiger partial charge in [0.15, 0.2) is 0 Å². The van der Waals surface area contributed by atoms with E-state index in [0.717, 1.165) is 82.1 Å². The summed E-state index contributed by atoms with van der Waals surface area (Å²) in [7, 11) is 0. The van der Waals surface area contributed by atoms with Gasteiger partial charge >= 0.3 is 0 Å². The van der Waals surface area contributed by atoms with Crippen LogP contribution >= 0.6 is 0 Å². The number of nitrogens with zero attached hydrogens (tertiary/aromatic N) is 2. The Hall–Kier alpha value is -2.46. The Morgan fingerprint density at radius 2 is 2.13 bits per heavy atom. The maximum Gasteiger partial charge on any atom is 0.141 e. The molecule has 3 fully saturated rings. The Kier molecular flexibility index (Phi) is 5.66. The minimum absolute atomic E-state index is 0.0753. The second-order valence-corrected chi connectivity index (χ2v) is 9.03. The van der Waals surface area contributed by atoms with E-state index in [9.17, 15) is 4.39 Å². The number of morpholine rings is 1. The Morgan fingerprint density at radius 3 is 2.87 bits per heavy atom. The minimum atomic E-state index is -0.474. The van der Waals surface area contributed by atoms with Gasteiger partial charge < -0.3 is 19.7 Å². The van der Waals surface area contributed by atoms with Crippen molar-refractivity contribution < 1.29 is 13.9 Å². The van der Waals surface area contributed by atoms with E-state index in [0.29, 0.717) is 0 Å². The molecule has 0 aliphatic carbocycles. The Morgan fingerprint density at radius 1 is 1.19 bits per heavy atom.